The Morgan fingerprint density at radius 3 is 1.90 bits per heavy atom. The van der Waals surface area contributed by atoms with Crippen molar-refractivity contribution in [1.29, 1.82) is 0 Å². The predicted octanol–water partition coefficient (Wildman–Crippen LogP) is 2.44. The van der Waals surface area contributed by atoms with Gasteiger partial charge in [0.1, 0.15) is 5.82 Å². The van der Waals surface area contributed by atoms with Gasteiger partial charge >= 0.3 is 21.7 Å². The Labute approximate surface area is 161 Å². The zero-order chi connectivity index (χ0) is 22.4. The first-order valence-corrected chi connectivity index (χ1v) is 11.0. The lowest BCUT2D eigenvalue weighted by molar-refractivity contribution is -0.106. The maximum atomic E-state index is 14.3. The fourth-order valence-corrected chi connectivity index (χ4v) is 5.19. The Bertz CT molecular complexity index is 980. The number of benzene rings is 1. The molecule has 1 aromatic carbocycles. The number of piperazine rings is 1. The van der Waals surface area contributed by atoms with E-state index in [1.807, 2.05) is 0 Å². The van der Waals surface area contributed by atoms with Crippen LogP contribution in [-0.2, 0) is 19.9 Å². The van der Waals surface area contributed by atoms with E-state index in [2.05, 4.69) is 0 Å². The molecule has 166 valence electrons. The number of hydrogen-bond donors (Lipinski definition) is 0. The molecule has 0 aliphatic carbocycles. The van der Waals surface area contributed by atoms with E-state index in [0.717, 1.165) is 11.8 Å². The highest BCUT2D eigenvalue weighted by atomic mass is 32.2. The van der Waals surface area contributed by atoms with Gasteiger partial charge < -0.3 is 4.90 Å². The van der Waals surface area contributed by atoms with Crippen molar-refractivity contribution < 1.29 is 47.6 Å². The summed E-state index contributed by atoms with van der Waals surface area (Å²) in [6, 6.07) is 1.39. The number of sulfonamides is 1. The van der Waals surface area contributed by atoms with Crippen molar-refractivity contribution in [2.24, 2.45) is 0 Å². The van der Waals surface area contributed by atoms with Crippen molar-refractivity contribution in [3.05, 3.63) is 23.5 Å². The van der Waals surface area contributed by atoms with Gasteiger partial charge in [-0.3, -0.25) is 0 Å². The maximum absolute atomic E-state index is 14.3. The molecule has 0 amide bonds. The van der Waals surface area contributed by atoms with Crippen LogP contribution in [0.15, 0.2) is 17.0 Å². The molecular formula is C14H15F7N2O4S2. The van der Waals surface area contributed by atoms with Crippen LogP contribution in [0.4, 0.5) is 36.4 Å². The molecule has 0 N–H and O–H groups in total. The third-order valence-electron chi connectivity index (χ3n) is 4.14. The van der Waals surface area contributed by atoms with Crippen molar-refractivity contribution >= 4 is 25.5 Å². The summed E-state index contributed by atoms with van der Waals surface area (Å²) in [5.74, 6) is -3.16. The number of sulfone groups is 1. The van der Waals surface area contributed by atoms with Gasteiger partial charge in [0, 0.05) is 26.2 Å². The number of nitrogens with zero attached hydrogens (tertiary/aromatic N) is 2. The molecule has 1 fully saturated rings. The Balaban J connectivity index is 2.32. The predicted molar refractivity (Wildman–Crippen MR) is 88.0 cm³/mol. The molecule has 6 nitrogen and oxygen atoms in total. The van der Waals surface area contributed by atoms with Crippen LogP contribution in [0.25, 0.3) is 0 Å². The smallest absolute Gasteiger partial charge is 0.366 e. The normalized spacial score (nSPS) is 17.6. The molecule has 2 rings (SSSR count). The van der Waals surface area contributed by atoms with Crippen LogP contribution >= 0.6 is 0 Å². The molecule has 1 heterocycles. The van der Waals surface area contributed by atoms with Crippen LogP contribution in [0, 0.1) is 12.7 Å². The van der Waals surface area contributed by atoms with Gasteiger partial charge in [0.15, 0.2) is 15.6 Å². The molecule has 0 atom stereocenters. The van der Waals surface area contributed by atoms with Crippen LogP contribution in [-0.4, -0.2) is 64.8 Å². The Hall–Kier alpha value is -1.61. The molecular weight excluding hydrogens is 457 g/mol. The van der Waals surface area contributed by atoms with E-state index in [4.69, 9.17) is 0 Å². The molecule has 0 unspecified atom stereocenters. The molecule has 0 radical (unpaired) electrons. The monoisotopic (exact) mass is 472 g/mol. The average Bonchev–Trinajstić information content (AvgIpc) is 2.51. The topological polar surface area (TPSA) is 74.8 Å². The minimum absolute atomic E-state index is 0.150. The third-order valence-corrected chi connectivity index (χ3v) is 7.59. The maximum Gasteiger partial charge on any atom is 0.511 e. The second-order valence-electron chi connectivity index (χ2n) is 6.28. The third kappa shape index (κ3) is 5.12. The average molecular weight is 472 g/mol. The van der Waals surface area contributed by atoms with Crippen LogP contribution in [0.3, 0.4) is 0 Å². The molecule has 1 aliphatic rings. The fourth-order valence-electron chi connectivity index (χ4n) is 2.83. The molecule has 29 heavy (non-hydrogen) atoms. The van der Waals surface area contributed by atoms with E-state index in [9.17, 15) is 47.6 Å². The molecule has 1 saturated heterocycles. The van der Waals surface area contributed by atoms with Gasteiger partial charge in [-0.25, -0.2) is 21.2 Å². The first-order valence-electron chi connectivity index (χ1n) is 7.87. The second-order valence-corrected chi connectivity index (χ2v) is 10.2. The lowest BCUT2D eigenvalue weighted by atomic mass is 10.2. The highest BCUT2D eigenvalue weighted by Gasteiger charge is 2.50. The van der Waals surface area contributed by atoms with Crippen LogP contribution in [0.5, 0.6) is 0 Å². The van der Waals surface area contributed by atoms with E-state index in [-0.39, 0.29) is 9.87 Å². The molecule has 0 bridgehead atoms. The van der Waals surface area contributed by atoms with Crippen molar-refractivity contribution in [1.82, 2.24) is 4.31 Å². The van der Waals surface area contributed by atoms with E-state index < -0.39 is 79.9 Å². The van der Waals surface area contributed by atoms with Gasteiger partial charge in [-0.1, -0.05) is 0 Å². The van der Waals surface area contributed by atoms with Gasteiger partial charge in [-0.15, -0.1) is 0 Å². The standard InChI is InChI=1S/C14H15F7N2O4S2/c1-9-6-10(15)11(7-12(9)28(24,25)8-13(16,17)18)22-2-4-23(5-3-22)29(26,27)14(19,20)21/h6-7H,2-5,8H2,1H3. The van der Waals surface area contributed by atoms with Gasteiger partial charge in [0.05, 0.1) is 10.6 Å². The highest BCUT2D eigenvalue weighted by Crippen LogP contribution is 2.32. The van der Waals surface area contributed by atoms with Gasteiger partial charge in [-0.2, -0.15) is 30.6 Å². The SMILES string of the molecule is Cc1cc(F)c(N2CCN(S(=O)(=O)C(F)(F)F)CC2)cc1S(=O)(=O)CC(F)(F)F. The molecule has 1 aromatic rings. The molecule has 0 saturated carbocycles. The Morgan fingerprint density at radius 2 is 1.45 bits per heavy atom. The summed E-state index contributed by atoms with van der Waals surface area (Å²) < 4.78 is 137. The number of anilines is 1. The quantitative estimate of drug-likeness (QED) is 0.497. The largest absolute Gasteiger partial charge is 0.511 e. The summed E-state index contributed by atoms with van der Waals surface area (Å²) in [5, 5.41) is 0. The van der Waals surface area contributed by atoms with Crippen molar-refractivity contribution in [2.75, 3.05) is 36.8 Å². The minimum Gasteiger partial charge on any atom is -0.366 e. The number of halogens is 7. The first kappa shape index (κ1) is 23.7. The zero-order valence-corrected chi connectivity index (χ0v) is 16.3. The molecule has 1 aliphatic heterocycles. The summed E-state index contributed by atoms with van der Waals surface area (Å²) in [7, 11) is -10.4. The van der Waals surface area contributed by atoms with Gasteiger partial charge in [0.2, 0.25) is 0 Å². The molecule has 15 heteroatoms. The summed E-state index contributed by atoms with van der Waals surface area (Å²) in [6.45, 7) is -1.08. The summed E-state index contributed by atoms with van der Waals surface area (Å²) in [5.41, 5.74) is -6.22. The van der Waals surface area contributed by atoms with Gasteiger partial charge in [-0.05, 0) is 24.6 Å². The van der Waals surface area contributed by atoms with Crippen LogP contribution < -0.4 is 4.90 Å². The van der Waals surface area contributed by atoms with Crippen molar-refractivity contribution in [3.63, 3.8) is 0 Å². The second kappa shape index (κ2) is 7.58. The van der Waals surface area contributed by atoms with Crippen LogP contribution in [0.1, 0.15) is 5.56 Å². The molecule has 0 spiro atoms. The summed E-state index contributed by atoms with van der Waals surface area (Å²) in [6.07, 6.45) is -5.03. The van der Waals surface area contributed by atoms with Crippen LogP contribution in [0.2, 0.25) is 0 Å². The lowest BCUT2D eigenvalue weighted by Gasteiger charge is -2.35. The van der Waals surface area contributed by atoms with E-state index in [1.54, 1.807) is 0 Å². The zero-order valence-electron chi connectivity index (χ0n) is 14.7. The number of aryl methyl sites for hydroxylation is 1. The number of alkyl halides is 6. The summed E-state index contributed by atoms with van der Waals surface area (Å²) >= 11 is 0. The molecule has 0 aromatic heterocycles. The van der Waals surface area contributed by atoms with E-state index >= 15 is 0 Å². The summed E-state index contributed by atoms with van der Waals surface area (Å²) in [4.78, 5) is 0.306. The number of hydrogen-bond acceptors (Lipinski definition) is 5. The highest BCUT2D eigenvalue weighted by molar-refractivity contribution is 7.91. The van der Waals surface area contributed by atoms with E-state index in [1.165, 1.54) is 0 Å². The number of rotatable bonds is 4. The van der Waals surface area contributed by atoms with Crippen molar-refractivity contribution in [2.45, 2.75) is 23.5 Å². The Kier molecular flexibility index (Phi) is 6.18. The first-order chi connectivity index (χ1) is 13.0. The lowest BCUT2D eigenvalue weighted by Crippen LogP contribution is -2.52. The fraction of sp³-hybridized carbons (Fsp3) is 0.571. The van der Waals surface area contributed by atoms with E-state index in [0.29, 0.717) is 12.1 Å². The Morgan fingerprint density at radius 1 is 0.931 bits per heavy atom. The minimum atomic E-state index is -5.58. The van der Waals surface area contributed by atoms with Crippen molar-refractivity contribution in [3.8, 4) is 0 Å². The van der Waals surface area contributed by atoms with Gasteiger partial charge in [0.25, 0.3) is 0 Å².